The number of fused-ring (bicyclic) bond motifs is 1. The van der Waals surface area contributed by atoms with E-state index in [0.717, 1.165) is 5.56 Å². The Hall–Kier alpha value is -3.34. The van der Waals surface area contributed by atoms with Crippen molar-refractivity contribution in [2.45, 2.75) is 24.9 Å². The van der Waals surface area contributed by atoms with Crippen molar-refractivity contribution in [3.8, 4) is 0 Å². The summed E-state index contributed by atoms with van der Waals surface area (Å²) in [6.07, 6.45) is 1.50. The molecule has 0 spiro atoms. The van der Waals surface area contributed by atoms with Gasteiger partial charge in [0.1, 0.15) is 17.7 Å². The standard InChI is InChI=1S/C22H19NO4/c1-14(15-8-3-2-4-9-15)23-20(18-12-7-13-27-18)19(22(25)26)16-10-5-6-11-17(16)21(23)24/h2-14,19-20H,1H3,(H,25,26). The van der Waals surface area contributed by atoms with Crippen LogP contribution in [0.25, 0.3) is 0 Å². The van der Waals surface area contributed by atoms with Gasteiger partial charge in [-0.3, -0.25) is 9.59 Å². The quantitative estimate of drug-likeness (QED) is 0.747. The molecule has 3 aromatic rings. The minimum absolute atomic E-state index is 0.194. The first kappa shape index (κ1) is 17.1. The van der Waals surface area contributed by atoms with E-state index in [1.807, 2.05) is 37.3 Å². The van der Waals surface area contributed by atoms with Gasteiger partial charge in [-0.15, -0.1) is 0 Å². The topological polar surface area (TPSA) is 70.8 Å². The maximum atomic E-state index is 13.4. The van der Waals surface area contributed by atoms with Gasteiger partial charge >= 0.3 is 5.97 Å². The van der Waals surface area contributed by atoms with E-state index in [1.165, 1.54) is 6.26 Å². The van der Waals surface area contributed by atoms with Crippen molar-refractivity contribution in [3.05, 3.63) is 95.4 Å². The van der Waals surface area contributed by atoms with E-state index in [-0.39, 0.29) is 11.9 Å². The van der Waals surface area contributed by atoms with Crippen LogP contribution < -0.4 is 0 Å². The molecule has 2 heterocycles. The third-order valence-electron chi connectivity index (χ3n) is 5.18. The maximum Gasteiger partial charge on any atom is 0.313 e. The van der Waals surface area contributed by atoms with Crippen molar-refractivity contribution in [2.75, 3.05) is 0 Å². The number of rotatable bonds is 4. The van der Waals surface area contributed by atoms with Gasteiger partial charge in [0.25, 0.3) is 5.91 Å². The Balaban J connectivity index is 1.92. The van der Waals surface area contributed by atoms with E-state index >= 15 is 0 Å². The Morgan fingerprint density at radius 2 is 1.74 bits per heavy atom. The summed E-state index contributed by atoms with van der Waals surface area (Å²) in [5, 5.41) is 10.0. The minimum atomic E-state index is -0.985. The Labute approximate surface area is 156 Å². The highest BCUT2D eigenvalue weighted by Gasteiger charge is 2.47. The third kappa shape index (κ3) is 2.81. The molecule has 4 rings (SSSR count). The molecule has 1 aromatic heterocycles. The lowest BCUT2D eigenvalue weighted by Gasteiger charge is -2.42. The van der Waals surface area contributed by atoms with Gasteiger partial charge in [0.05, 0.1) is 12.3 Å². The van der Waals surface area contributed by atoms with Crippen molar-refractivity contribution in [1.82, 2.24) is 4.90 Å². The van der Waals surface area contributed by atoms with E-state index in [4.69, 9.17) is 4.42 Å². The molecule has 0 saturated heterocycles. The molecule has 1 aliphatic heterocycles. The molecule has 0 saturated carbocycles. The number of nitrogens with zero attached hydrogens (tertiary/aromatic N) is 1. The van der Waals surface area contributed by atoms with Crippen molar-refractivity contribution in [3.63, 3.8) is 0 Å². The summed E-state index contributed by atoms with van der Waals surface area (Å²) in [5.41, 5.74) is 1.88. The molecule has 0 radical (unpaired) electrons. The van der Waals surface area contributed by atoms with E-state index in [9.17, 15) is 14.7 Å². The second-order valence-corrected chi connectivity index (χ2v) is 6.66. The number of furan rings is 1. The first-order chi connectivity index (χ1) is 13.1. The number of hydrogen-bond donors (Lipinski definition) is 1. The summed E-state index contributed by atoms with van der Waals surface area (Å²) in [7, 11) is 0. The Morgan fingerprint density at radius 1 is 1.04 bits per heavy atom. The van der Waals surface area contributed by atoms with Gasteiger partial charge in [-0.1, -0.05) is 48.5 Å². The molecule has 5 nitrogen and oxygen atoms in total. The Bertz CT molecular complexity index is 965. The number of carbonyl (C=O) groups excluding carboxylic acids is 1. The monoisotopic (exact) mass is 361 g/mol. The molecular weight excluding hydrogens is 342 g/mol. The highest BCUT2D eigenvalue weighted by molar-refractivity contribution is 6.00. The van der Waals surface area contributed by atoms with Crippen LogP contribution in [0.1, 0.15) is 52.2 Å². The first-order valence-electron chi connectivity index (χ1n) is 8.82. The van der Waals surface area contributed by atoms with Gasteiger partial charge in [-0.2, -0.15) is 0 Å². The molecule has 1 aliphatic rings. The number of amides is 1. The maximum absolute atomic E-state index is 13.4. The van der Waals surface area contributed by atoms with Crippen LogP contribution in [0.5, 0.6) is 0 Å². The highest BCUT2D eigenvalue weighted by atomic mass is 16.4. The zero-order valence-corrected chi connectivity index (χ0v) is 14.8. The Morgan fingerprint density at radius 3 is 2.41 bits per heavy atom. The van der Waals surface area contributed by atoms with E-state index in [0.29, 0.717) is 16.9 Å². The molecule has 1 amide bonds. The minimum Gasteiger partial charge on any atom is -0.481 e. The first-order valence-corrected chi connectivity index (χ1v) is 8.82. The molecule has 3 atom stereocenters. The van der Waals surface area contributed by atoms with Crippen LogP contribution in [0.15, 0.2) is 77.4 Å². The fraction of sp³-hybridized carbons (Fsp3) is 0.182. The molecule has 0 aliphatic carbocycles. The number of carboxylic acids is 1. The average molecular weight is 361 g/mol. The van der Waals surface area contributed by atoms with E-state index in [1.54, 1.807) is 41.3 Å². The summed E-state index contributed by atoms with van der Waals surface area (Å²) in [5.74, 6) is -1.62. The molecule has 136 valence electrons. The van der Waals surface area contributed by atoms with Gasteiger partial charge in [-0.25, -0.2) is 0 Å². The number of hydrogen-bond acceptors (Lipinski definition) is 3. The number of benzene rings is 2. The lowest BCUT2D eigenvalue weighted by atomic mass is 9.80. The van der Waals surface area contributed by atoms with Crippen LogP contribution in [-0.2, 0) is 4.79 Å². The highest BCUT2D eigenvalue weighted by Crippen LogP contribution is 2.46. The molecule has 1 N–H and O–H groups in total. The number of aliphatic carboxylic acids is 1. The van der Waals surface area contributed by atoms with Crippen LogP contribution in [0, 0.1) is 0 Å². The van der Waals surface area contributed by atoms with Gasteiger partial charge in [0.15, 0.2) is 0 Å². The second-order valence-electron chi connectivity index (χ2n) is 6.66. The molecule has 0 bridgehead atoms. The summed E-state index contributed by atoms with van der Waals surface area (Å²) >= 11 is 0. The van der Waals surface area contributed by atoms with Crippen LogP contribution in [0.2, 0.25) is 0 Å². The zero-order chi connectivity index (χ0) is 19.0. The molecule has 3 unspecified atom stereocenters. The fourth-order valence-electron chi connectivity index (χ4n) is 3.90. The Kier molecular flexibility index (Phi) is 4.28. The normalized spacial score (nSPS) is 20.2. The van der Waals surface area contributed by atoms with Crippen molar-refractivity contribution < 1.29 is 19.1 Å². The van der Waals surface area contributed by atoms with Gasteiger partial charge in [0, 0.05) is 5.56 Å². The predicted octanol–water partition coefficient (Wildman–Crippen LogP) is 4.41. The lowest BCUT2D eigenvalue weighted by Crippen LogP contribution is -2.45. The van der Waals surface area contributed by atoms with Crippen LogP contribution in [0.4, 0.5) is 0 Å². The molecule has 27 heavy (non-hydrogen) atoms. The van der Waals surface area contributed by atoms with Gasteiger partial charge in [-0.05, 0) is 36.2 Å². The molecule has 0 fully saturated rings. The largest absolute Gasteiger partial charge is 0.481 e. The third-order valence-corrected chi connectivity index (χ3v) is 5.18. The zero-order valence-electron chi connectivity index (χ0n) is 14.8. The van der Waals surface area contributed by atoms with E-state index < -0.39 is 17.9 Å². The summed E-state index contributed by atoms with van der Waals surface area (Å²) in [6, 6.07) is 18.9. The molecule has 2 aromatic carbocycles. The second kappa shape index (κ2) is 6.76. The number of carboxylic acid groups (broad SMARTS) is 1. The summed E-state index contributed by atoms with van der Waals surface area (Å²) < 4.78 is 5.58. The van der Waals surface area contributed by atoms with Gasteiger partial charge < -0.3 is 14.4 Å². The van der Waals surface area contributed by atoms with Crippen molar-refractivity contribution in [1.29, 1.82) is 0 Å². The van der Waals surface area contributed by atoms with Gasteiger partial charge in [0.2, 0.25) is 0 Å². The fourth-order valence-corrected chi connectivity index (χ4v) is 3.90. The van der Waals surface area contributed by atoms with Crippen LogP contribution in [0.3, 0.4) is 0 Å². The number of carbonyl (C=O) groups is 2. The van der Waals surface area contributed by atoms with Crippen molar-refractivity contribution in [2.24, 2.45) is 0 Å². The molecule has 5 heteroatoms. The summed E-state index contributed by atoms with van der Waals surface area (Å²) in [4.78, 5) is 27.3. The van der Waals surface area contributed by atoms with Crippen LogP contribution >= 0.6 is 0 Å². The van der Waals surface area contributed by atoms with Crippen molar-refractivity contribution >= 4 is 11.9 Å². The average Bonchev–Trinajstić information content (AvgIpc) is 3.22. The van der Waals surface area contributed by atoms with E-state index in [2.05, 4.69) is 0 Å². The summed E-state index contributed by atoms with van der Waals surface area (Å²) in [6.45, 7) is 1.91. The SMILES string of the molecule is CC(c1ccccc1)N1C(=O)c2ccccc2C(C(=O)O)C1c1ccco1. The molecular formula is C22H19NO4. The lowest BCUT2D eigenvalue weighted by molar-refractivity contribution is -0.141. The smallest absolute Gasteiger partial charge is 0.313 e. The van der Waals surface area contributed by atoms with Crippen LogP contribution in [-0.4, -0.2) is 21.9 Å². The predicted molar refractivity (Wildman–Crippen MR) is 99.3 cm³/mol.